The molecule has 4 rings (SSSR count). The van der Waals surface area contributed by atoms with Crippen LogP contribution < -0.4 is 5.56 Å². The van der Waals surface area contributed by atoms with Crippen molar-refractivity contribution in [2.75, 3.05) is 0 Å². The summed E-state index contributed by atoms with van der Waals surface area (Å²) in [7, 11) is 0. The van der Waals surface area contributed by atoms with Gasteiger partial charge in [0.15, 0.2) is 0 Å². The zero-order valence-corrected chi connectivity index (χ0v) is 11.9. The summed E-state index contributed by atoms with van der Waals surface area (Å²) >= 11 is 0. The van der Waals surface area contributed by atoms with Crippen LogP contribution in [0.25, 0.3) is 27.6 Å². The largest absolute Gasteiger partial charge is 0.323 e. The summed E-state index contributed by atoms with van der Waals surface area (Å²) in [6.45, 7) is 4.07. The number of rotatable bonds is 1. The molecule has 0 saturated heterocycles. The van der Waals surface area contributed by atoms with E-state index in [1.54, 1.807) is 10.5 Å². The van der Waals surface area contributed by atoms with Crippen LogP contribution in [0.3, 0.4) is 0 Å². The summed E-state index contributed by atoms with van der Waals surface area (Å²) in [5.74, 6) is 0.838. The van der Waals surface area contributed by atoms with Crippen molar-refractivity contribution < 1.29 is 0 Å². The van der Waals surface area contributed by atoms with Crippen molar-refractivity contribution in [3.63, 3.8) is 0 Å². The maximum absolute atomic E-state index is 12.4. The second kappa shape index (κ2) is 4.19. The fraction of sp³-hybridized carbons (Fsp3) is 0.176. The Morgan fingerprint density at radius 2 is 1.81 bits per heavy atom. The second-order valence-electron chi connectivity index (χ2n) is 5.67. The molecule has 0 saturated carbocycles. The molecule has 0 aliphatic heterocycles. The molecule has 4 aromatic rings. The van der Waals surface area contributed by atoms with Crippen molar-refractivity contribution in [2.24, 2.45) is 0 Å². The minimum atomic E-state index is -0.0368. The van der Waals surface area contributed by atoms with Crippen molar-refractivity contribution in [3.05, 3.63) is 58.5 Å². The van der Waals surface area contributed by atoms with E-state index in [9.17, 15) is 4.79 Å². The van der Waals surface area contributed by atoms with Crippen LogP contribution >= 0.6 is 0 Å². The summed E-state index contributed by atoms with van der Waals surface area (Å²) in [6, 6.07) is 13.9. The van der Waals surface area contributed by atoms with Crippen molar-refractivity contribution in [1.29, 1.82) is 0 Å². The number of hydrogen-bond donors (Lipinski definition) is 1. The third-order valence-corrected chi connectivity index (χ3v) is 3.88. The number of nitrogens with zero attached hydrogens (tertiary/aromatic N) is 2. The van der Waals surface area contributed by atoms with Gasteiger partial charge in [-0.2, -0.15) is 0 Å². The Kier molecular flexibility index (Phi) is 2.42. The summed E-state index contributed by atoms with van der Waals surface area (Å²) in [4.78, 5) is 20.2. The number of H-pyrrole nitrogens is 1. The smallest absolute Gasteiger partial charge is 0.259 e. The molecule has 0 radical (unpaired) electrons. The molecule has 21 heavy (non-hydrogen) atoms. The number of nitrogens with one attached hydrogen (secondary N) is 1. The topological polar surface area (TPSA) is 50.2 Å². The van der Waals surface area contributed by atoms with Crippen LogP contribution in [0.1, 0.15) is 25.5 Å². The van der Waals surface area contributed by atoms with Crippen LogP contribution in [0, 0.1) is 0 Å². The number of hydrogen-bond acceptors (Lipinski definition) is 2. The molecule has 0 atom stereocenters. The van der Waals surface area contributed by atoms with Crippen molar-refractivity contribution in [2.45, 2.75) is 19.8 Å². The highest BCUT2D eigenvalue weighted by molar-refractivity contribution is 5.96. The number of benzene rings is 2. The van der Waals surface area contributed by atoms with Crippen LogP contribution in [0.2, 0.25) is 0 Å². The Morgan fingerprint density at radius 1 is 1.10 bits per heavy atom. The van der Waals surface area contributed by atoms with Gasteiger partial charge in [-0.25, -0.2) is 9.38 Å². The van der Waals surface area contributed by atoms with Gasteiger partial charge in [0.25, 0.3) is 5.56 Å². The normalized spacial score (nSPS) is 12.0. The van der Waals surface area contributed by atoms with E-state index in [0.29, 0.717) is 5.78 Å². The fourth-order valence-corrected chi connectivity index (χ4v) is 2.75. The Hall–Kier alpha value is -2.62. The number of aromatic nitrogens is 3. The molecular weight excluding hydrogens is 262 g/mol. The minimum absolute atomic E-state index is 0.0368. The Labute approximate surface area is 121 Å². The predicted molar refractivity (Wildman–Crippen MR) is 84.9 cm³/mol. The van der Waals surface area contributed by atoms with Gasteiger partial charge in [0.1, 0.15) is 0 Å². The third-order valence-electron chi connectivity index (χ3n) is 3.88. The number of imidazole rings is 1. The second-order valence-corrected chi connectivity index (χ2v) is 5.67. The van der Waals surface area contributed by atoms with Gasteiger partial charge in [0.05, 0.1) is 16.7 Å². The van der Waals surface area contributed by atoms with Gasteiger partial charge in [-0.1, -0.05) is 38.1 Å². The average Bonchev–Trinajstić information content (AvgIpc) is 2.82. The van der Waals surface area contributed by atoms with Crippen LogP contribution in [0.4, 0.5) is 0 Å². The lowest BCUT2D eigenvalue weighted by atomic mass is 10.1. The standard InChI is InChI=1S/C17H15N3O/c1-10(2)13-9-16(21)20-15-8-12-6-4-3-5-11(12)7-14(15)19-17(20)18-13/h3-10H,1-2H3,(H,18,19). The maximum atomic E-state index is 12.4. The van der Waals surface area contributed by atoms with Crippen LogP contribution in [-0.4, -0.2) is 14.4 Å². The molecule has 0 unspecified atom stereocenters. The van der Waals surface area contributed by atoms with E-state index in [0.717, 1.165) is 27.5 Å². The van der Waals surface area contributed by atoms with Crippen LogP contribution in [-0.2, 0) is 0 Å². The monoisotopic (exact) mass is 277 g/mol. The molecule has 1 N–H and O–H groups in total. The molecular formula is C17H15N3O. The first kappa shape index (κ1) is 12.1. The molecule has 4 nitrogen and oxygen atoms in total. The minimum Gasteiger partial charge on any atom is -0.323 e. The van der Waals surface area contributed by atoms with Gasteiger partial charge in [-0.15, -0.1) is 0 Å². The van der Waals surface area contributed by atoms with Gasteiger partial charge in [-0.3, -0.25) is 4.79 Å². The van der Waals surface area contributed by atoms with Crippen molar-refractivity contribution in [1.82, 2.24) is 14.4 Å². The lowest BCUT2D eigenvalue weighted by Crippen LogP contribution is -2.14. The first-order chi connectivity index (χ1) is 10.1. The molecule has 0 amide bonds. The molecule has 2 aromatic heterocycles. The van der Waals surface area contributed by atoms with Gasteiger partial charge < -0.3 is 4.98 Å². The molecule has 4 heteroatoms. The van der Waals surface area contributed by atoms with Crippen LogP contribution in [0.5, 0.6) is 0 Å². The summed E-state index contributed by atoms with van der Waals surface area (Å²) in [5.41, 5.74) is 2.58. The first-order valence-electron chi connectivity index (χ1n) is 7.07. The number of fused-ring (bicyclic) bond motifs is 4. The van der Waals surface area contributed by atoms with Crippen molar-refractivity contribution >= 4 is 27.6 Å². The van der Waals surface area contributed by atoms with Crippen molar-refractivity contribution in [3.8, 4) is 0 Å². The third kappa shape index (κ3) is 1.76. The first-order valence-corrected chi connectivity index (χ1v) is 7.07. The summed E-state index contributed by atoms with van der Waals surface area (Å²) < 4.78 is 1.65. The highest BCUT2D eigenvalue weighted by Crippen LogP contribution is 2.22. The van der Waals surface area contributed by atoms with E-state index in [4.69, 9.17) is 0 Å². The molecule has 0 bridgehead atoms. The highest BCUT2D eigenvalue weighted by atomic mass is 16.1. The molecule has 0 aliphatic carbocycles. The molecule has 0 aliphatic rings. The van der Waals surface area contributed by atoms with Gasteiger partial charge in [0.2, 0.25) is 5.78 Å². The summed E-state index contributed by atoms with van der Waals surface area (Å²) in [6.07, 6.45) is 0. The Bertz CT molecular complexity index is 1040. The highest BCUT2D eigenvalue weighted by Gasteiger charge is 2.11. The van der Waals surface area contributed by atoms with E-state index < -0.39 is 0 Å². The molecule has 0 fully saturated rings. The van der Waals surface area contributed by atoms with Gasteiger partial charge in [-0.05, 0) is 28.8 Å². The van der Waals surface area contributed by atoms with E-state index >= 15 is 0 Å². The van der Waals surface area contributed by atoms with E-state index in [-0.39, 0.29) is 11.5 Å². The quantitative estimate of drug-likeness (QED) is 0.579. The van der Waals surface area contributed by atoms with E-state index in [2.05, 4.69) is 28.2 Å². The molecule has 2 heterocycles. The average molecular weight is 277 g/mol. The van der Waals surface area contributed by atoms with Crippen LogP contribution in [0.15, 0.2) is 47.3 Å². The zero-order chi connectivity index (χ0) is 14.6. The molecule has 104 valence electrons. The Morgan fingerprint density at radius 3 is 2.52 bits per heavy atom. The zero-order valence-electron chi connectivity index (χ0n) is 11.9. The van der Waals surface area contributed by atoms with E-state index in [1.165, 1.54) is 0 Å². The molecule has 0 spiro atoms. The summed E-state index contributed by atoms with van der Waals surface area (Å²) in [5, 5.41) is 2.26. The Balaban J connectivity index is 2.18. The number of aromatic amines is 1. The maximum Gasteiger partial charge on any atom is 0.259 e. The molecule has 2 aromatic carbocycles. The lowest BCUT2D eigenvalue weighted by molar-refractivity contribution is 0.812. The van der Waals surface area contributed by atoms with E-state index in [1.807, 2.05) is 32.0 Å². The van der Waals surface area contributed by atoms with Gasteiger partial charge in [0, 0.05) is 6.07 Å². The lowest BCUT2D eigenvalue weighted by Gasteiger charge is -2.03. The predicted octanol–water partition coefficient (Wildman–Crippen LogP) is 3.45. The SMILES string of the molecule is CC(C)c1cc(=O)n2c(n1)[nH]c1cc3ccccc3cc12. The fourth-order valence-electron chi connectivity index (χ4n) is 2.75. The van der Waals surface area contributed by atoms with Gasteiger partial charge >= 0.3 is 0 Å².